The molecule has 29 heavy (non-hydrogen) atoms. The third kappa shape index (κ3) is 4.10. The smallest absolute Gasteiger partial charge is 0.246 e. The molecule has 2 saturated heterocycles. The third-order valence-electron chi connectivity index (χ3n) is 5.68. The first-order chi connectivity index (χ1) is 13.8. The summed E-state index contributed by atoms with van der Waals surface area (Å²) in [5.41, 5.74) is 2.97. The lowest BCUT2D eigenvalue weighted by Crippen LogP contribution is -2.48. The number of hydrogen-bond donors (Lipinski definition) is 0. The summed E-state index contributed by atoms with van der Waals surface area (Å²) in [7, 11) is -2.96. The summed E-state index contributed by atoms with van der Waals surface area (Å²) < 4.78 is 30.8. The van der Waals surface area contributed by atoms with Crippen molar-refractivity contribution < 1.29 is 17.6 Å². The van der Waals surface area contributed by atoms with Crippen LogP contribution in [0.2, 0.25) is 0 Å². The lowest BCUT2D eigenvalue weighted by atomic mass is 10.2. The Kier molecular flexibility index (Phi) is 5.24. The Bertz CT molecular complexity index is 1020. The molecule has 0 saturated carbocycles. The first-order valence-corrected chi connectivity index (χ1v) is 11.7. The molecule has 0 aromatic carbocycles. The van der Waals surface area contributed by atoms with Crippen LogP contribution in [0, 0.1) is 13.8 Å². The minimum atomic E-state index is -2.96. The van der Waals surface area contributed by atoms with Crippen LogP contribution in [-0.2, 0) is 14.6 Å². The van der Waals surface area contributed by atoms with Crippen LogP contribution in [-0.4, -0.2) is 66.7 Å². The summed E-state index contributed by atoms with van der Waals surface area (Å²) in [5.74, 6) is 1.03. The number of piperazine rings is 1. The fourth-order valence-electron chi connectivity index (χ4n) is 4.23. The molecule has 0 bridgehead atoms. The Labute approximate surface area is 170 Å². The molecule has 2 aromatic rings. The molecule has 2 aromatic heterocycles. The summed E-state index contributed by atoms with van der Waals surface area (Å²) in [6.45, 7) is 6.66. The Hall–Kier alpha value is -2.55. The molecule has 0 radical (unpaired) electrons. The maximum absolute atomic E-state index is 12.4. The van der Waals surface area contributed by atoms with E-state index in [4.69, 9.17) is 4.42 Å². The molecule has 0 unspecified atom stereocenters. The Morgan fingerprint density at radius 1 is 1.24 bits per heavy atom. The molecular formula is C20H26N4O4S. The van der Waals surface area contributed by atoms with Gasteiger partial charge in [-0.1, -0.05) is 0 Å². The van der Waals surface area contributed by atoms with Crippen molar-refractivity contribution in [3.05, 3.63) is 41.6 Å². The van der Waals surface area contributed by atoms with Gasteiger partial charge < -0.3 is 14.2 Å². The highest BCUT2D eigenvalue weighted by molar-refractivity contribution is 7.91. The number of aromatic nitrogens is 2. The molecule has 0 spiro atoms. The van der Waals surface area contributed by atoms with Crippen LogP contribution >= 0.6 is 0 Å². The van der Waals surface area contributed by atoms with Crippen molar-refractivity contribution in [2.75, 3.05) is 42.6 Å². The summed E-state index contributed by atoms with van der Waals surface area (Å²) in [4.78, 5) is 16.5. The molecule has 8 nitrogen and oxygen atoms in total. The van der Waals surface area contributed by atoms with Crippen molar-refractivity contribution in [3.8, 4) is 0 Å². The van der Waals surface area contributed by atoms with Crippen LogP contribution in [0.1, 0.15) is 29.6 Å². The number of amides is 1. The van der Waals surface area contributed by atoms with Crippen molar-refractivity contribution in [1.82, 2.24) is 14.7 Å². The molecule has 2 fully saturated rings. The van der Waals surface area contributed by atoms with E-state index in [0.29, 0.717) is 25.3 Å². The van der Waals surface area contributed by atoms with Gasteiger partial charge in [0.15, 0.2) is 9.84 Å². The summed E-state index contributed by atoms with van der Waals surface area (Å²) in [5, 5.41) is 4.65. The van der Waals surface area contributed by atoms with Crippen LogP contribution in [0.3, 0.4) is 0 Å². The van der Waals surface area contributed by atoms with Gasteiger partial charge >= 0.3 is 0 Å². The van der Waals surface area contributed by atoms with E-state index in [0.717, 1.165) is 30.2 Å². The second-order valence-corrected chi connectivity index (χ2v) is 9.91. The average molecular weight is 419 g/mol. The molecular weight excluding hydrogens is 392 g/mol. The van der Waals surface area contributed by atoms with Gasteiger partial charge in [0.05, 0.1) is 40.9 Å². The number of sulfone groups is 1. The van der Waals surface area contributed by atoms with Gasteiger partial charge in [-0.2, -0.15) is 5.10 Å². The Balaban J connectivity index is 1.42. The first kappa shape index (κ1) is 19.8. The third-order valence-corrected chi connectivity index (χ3v) is 7.43. The van der Waals surface area contributed by atoms with Gasteiger partial charge in [0.1, 0.15) is 5.76 Å². The predicted octanol–water partition coefficient (Wildman–Crippen LogP) is 1.81. The maximum atomic E-state index is 12.4. The maximum Gasteiger partial charge on any atom is 0.246 e. The summed E-state index contributed by atoms with van der Waals surface area (Å²) in [6, 6.07) is 3.51. The molecule has 1 amide bonds. The van der Waals surface area contributed by atoms with Crippen LogP contribution in [0.5, 0.6) is 0 Å². The second kappa shape index (κ2) is 7.70. The number of anilines is 1. The highest BCUT2D eigenvalue weighted by Gasteiger charge is 2.32. The lowest BCUT2D eigenvalue weighted by molar-refractivity contribution is -0.126. The Morgan fingerprint density at radius 2 is 2.00 bits per heavy atom. The second-order valence-electron chi connectivity index (χ2n) is 7.68. The standard InChI is InChI=1S/C20H26N4O4S/c1-15-20(16(2)24(21-15)17-7-13-29(26,27)14-17)23-10-8-22(9-11-23)19(25)6-5-18-4-3-12-28-18/h3-6,12,17H,7-11,13-14H2,1-2H3/b6-5+/t17-/m0/s1. The quantitative estimate of drug-likeness (QED) is 0.704. The van der Waals surface area contributed by atoms with Crippen LogP contribution in [0.15, 0.2) is 28.9 Å². The number of furan rings is 1. The van der Waals surface area contributed by atoms with E-state index in [9.17, 15) is 13.2 Å². The topological polar surface area (TPSA) is 88.7 Å². The van der Waals surface area contributed by atoms with E-state index >= 15 is 0 Å². The Morgan fingerprint density at radius 3 is 2.62 bits per heavy atom. The van der Waals surface area contributed by atoms with E-state index in [-0.39, 0.29) is 23.5 Å². The van der Waals surface area contributed by atoms with Gasteiger partial charge in [-0.25, -0.2) is 8.42 Å². The van der Waals surface area contributed by atoms with Crippen LogP contribution in [0.25, 0.3) is 6.08 Å². The summed E-state index contributed by atoms with van der Waals surface area (Å²) >= 11 is 0. The molecule has 2 aliphatic heterocycles. The zero-order chi connectivity index (χ0) is 20.6. The highest BCUT2D eigenvalue weighted by Crippen LogP contribution is 2.31. The van der Waals surface area contributed by atoms with Crippen molar-refractivity contribution >= 4 is 27.5 Å². The molecule has 9 heteroatoms. The minimum Gasteiger partial charge on any atom is -0.465 e. The van der Waals surface area contributed by atoms with Gasteiger partial charge in [0, 0.05) is 32.3 Å². The van der Waals surface area contributed by atoms with Crippen LogP contribution < -0.4 is 4.90 Å². The van der Waals surface area contributed by atoms with Gasteiger partial charge in [-0.3, -0.25) is 9.48 Å². The van der Waals surface area contributed by atoms with Gasteiger partial charge in [0.2, 0.25) is 5.91 Å². The van der Waals surface area contributed by atoms with E-state index < -0.39 is 9.84 Å². The molecule has 2 aliphatic rings. The fourth-order valence-corrected chi connectivity index (χ4v) is 5.92. The molecule has 0 aliphatic carbocycles. The number of carbonyl (C=O) groups is 1. The van der Waals surface area contributed by atoms with Crippen molar-refractivity contribution in [1.29, 1.82) is 0 Å². The van der Waals surface area contributed by atoms with Crippen molar-refractivity contribution in [2.45, 2.75) is 26.3 Å². The lowest BCUT2D eigenvalue weighted by Gasteiger charge is -2.35. The average Bonchev–Trinajstić information content (AvgIpc) is 3.40. The first-order valence-electron chi connectivity index (χ1n) is 9.85. The molecule has 156 valence electrons. The summed E-state index contributed by atoms with van der Waals surface area (Å²) in [6.07, 6.45) is 5.43. The molecule has 4 heterocycles. The van der Waals surface area contributed by atoms with Gasteiger partial charge in [-0.15, -0.1) is 0 Å². The number of hydrogen-bond acceptors (Lipinski definition) is 6. The van der Waals surface area contributed by atoms with E-state index in [1.807, 2.05) is 23.4 Å². The normalized spacial score (nSPS) is 21.9. The number of aryl methyl sites for hydroxylation is 1. The molecule has 1 atom stereocenters. The SMILES string of the molecule is Cc1nn([C@H]2CCS(=O)(=O)C2)c(C)c1N1CCN(C(=O)/C=C/c2ccco2)CC1. The van der Waals surface area contributed by atoms with Crippen molar-refractivity contribution in [3.63, 3.8) is 0 Å². The number of nitrogens with zero attached hydrogens (tertiary/aromatic N) is 4. The minimum absolute atomic E-state index is 0.0265. The van der Waals surface area contributed by atoms with Crippen LogP contribution in [0.4, 0.5) is 5.69 Å². The van der Waals surface area contributed by atoms with Gasteiger partial charge in [0.25, 0.3) is 0 Å². The number of carbonyl (C=O) groups excluding carboxylic acids is 1. The van der Waals surface area contributed by atoms with E-state index in [1.54, 1.807) is 30.5 Å². The zero-order valence-corrected chi connectivity index (χ0v) is 17.6. The molecule has 4 rings (SSSR count). The van der Waals surface area contributed by atoms with Crippen molar-refractivity contribution in [2.24, 2.45) is 0 Å². The monoisotopic (exact) mass is 418 g/mol. The fraction of sp³-hybridized carbons (Fsp3) is 0.500. The number of rotatable bonds is 4. The largest absolute Gasteiger partial charge is 0.465 e. The highest BCUT2D eigenvalue weighted by atomic mass is 32.2. The molecule has 0 N–H and O–H groups in total. The van der Waals surface area contributed by atoms with E-state index in [2.05, 4.69) is 10.00 Å². The van der Waals surface area contributed by atoms with Gasteiger partial charge in [-0.05, 0) is 38.5 Å². The van der Waals surface area contributed by atoms with E-state index in [1.165, 1.54) is 0 Å². The predicted molar refractivity (Wildman–Crippen MR) is 111 cm³/mol. The zero-order valence-electron chi connectivity index (χ0n) is 16.7.